The molecule has 3 aromatic rings. The number of carbonyl (C=O) groups excluding carboxylic acids is 2. The predicted molar refractivity (Wildman–Crippen MR) is 139 cm³/mol. The normalized spacial score (nSPS) is 14.7. The standard InChI is InChI=1S/C26H28N4O3S/c1-4-28(5-2)24(31)17-29-16-18(21-9-7-8-10-23(21)29)15-22-25(32)30(26(34)27-22)19-11-13-20(14-12-19)33-6-3/h7-16H,4-6,17H2,1-3H3,(H,27,34)/b22-15+. The Morgan fingerprint density at radius 3 is 2.47 bits per heavy atom. The molecule has 2 aromatic carbocycles. The van der Waals surface area contributed by atoms with Gasteiger partial charge in [-0.3, -0.25) is 14.5 Å². The maximum absolute atomic E-state index is 13.2. The smallest absolute Gasteiger partial charge is 0.281 e. The van der Waals surface area contributed by atoms with Gasteiger partial charge >= 0.3 is 0 Å². The van der Waals surface area contributed by atoms with Gasteiger partial charge in [-0.25, -0.2) is 0 Å². The average molecular weight is 477 g/mol. The molecule has 0 atom stereocenters. The molecule has 7 nitrogen and oxygen atoms in total. The number of amides is 2. The number of anilines is 1. The Hall–Kier alpha value is -3.65. The van der Waals surface area contributed by atoms with Gasteiger partial charge in [-0.15, -0.1) is 0 Å². The Kier molecular flexibility index (Phi) is 6.98. The van der Waals surface area contributed by atoms with Gasteiger partial charge in [0.05, 0.1) is 12.3 Å². The Morgan fingerprint density at radius 1 is 1.09 bits per heavy atom. The molecule has 0 bridgehead atoms. The molecule has 0 unspecified atom stereocenters. The van der Waals surface area contributed by atoms with Crippen molar-refractivity contribution < 1.29 is 14.3 Å². The molecule has 1 aliphatic rings. The maximum atomic E-state index is 13.2. The van der Waals surface area contributed by atoms with E-state index in [4.69, 9.17) is 17.0 Å². The van der Waals surface area contributed by atoms with E-state index in [1.54, 1.807) is 6.08 Å². The van der Waals surface area contributed by atoms with E-state index in [1.165, 1.54) is 4.90 Å². The van der Waals surface area contributed by atoms with Gasteiger partial charge in [-0.05, 0) is 69.4 Å². The first-order chi connectivity index (χ1) is 16.5. The number of hydrogen-bond donors (Lipinski definition) is 1. The number of rotatable bonds is 8. The number of nitrogens with zero attached hydrogens (tertiary/aromatic N) is 3. The summed E-state index contributed by atoms with van der Waals surface area (Å²) >= 11 is 5.46. The van der Waals surface area contributed by atoms with E-state index in [9.17, 15) is 9.59 Å². The summed E-state index contributed by atoms with van der Waals surface area (Å²) in [5, 5.41) is 4.33. The van der Waals surface area contributed by atoms with E-state index in [2.05, 4.69) is 5.32 Å². The van der Waals surface area contributed by atoms with Gasteiger partial charge in [-0.1, -0.05) is 18.2 Å². The quantitative estimate of drug-likeness (QED) is 0.390. The van der Waals surface area contributed by atoms with Crippen LogP contribution in [0.3, 0.4) is 0 Å². The van der Waals surface area contributed by atoms with Gasteiger partial charge in [0.1, 0.15) is 18.0 Å². The van der Waals surface area contributed by atoms with Gasteiger partial charge in [-0.2, -0.15) is 0 Å². The Labute approximate surface area is 204 Å². The molecule has 34 heavy (non-hydrogen) atoms. The number of benzene rings is 2. The number of ether oxygens (including phenoxy) is 1. The van der Waals surface area contributed by atoms with E-state index in [0.717, 1.165) is 22.2 Å². The van der Waals surface area contributed by atoms with Crippen LogP contribution in [0, 0.1) is 0 Å². The molecule has 1 N–H and O–H groups in total. The minimum Gasteiger partial charge on any atom is -0.494 e. The summed E-state index contributed by atoms with van der Waals surface area (Å²) < 4.78 is 7.42. The Balaban J connectivity index is 1.64. The monoisotopic (exact) mass is 476 g/mol. The van der Waals surface area contributed by atoms with Crippen molar-refractivity contribution in [2.45, 2.75) is 27.3 Å². The number of carbonyl (C=O) groups is 2. The number of aromatic nitrogens is 1. The lowest BCUT2D eigenvalue weighted by Gasteiger charge is -2.19. The van der Waals surface area contributed by atoms with Crippen molar-refractivity contribution in [3.05, 3.63) is 66.0 Å². The van der Waals surface area contributed by atoms with Crippen LogP contribution in [0.15, 0.2) is 60.4 Å². The van der Waals surface area contributed by atoms with Crippen LogP contribution in [0.5, 0.6) is 5.75 Å². The molecule has 1 fully saturated rings. The van der Waals surface area contributed by atoms with Gasteiger partial charge in [0.25, 0.3) is 5.91 Å². The van der Waals surface area contributed by atoms with Crippen LogP contribution in [0.25, 0.3) is 17.0 Å². The van der Waals surface area contributed by atoms with Crippen LogP contribution in [0.2, 0.25) is 0 Å². The zero-order chi connectivity index (χ0) is 24.2. The highest BCUT2D eigenvalue weighted by Gasteiger charge is 2.32. The molecule has 0 spiro atoms. The lowest BCUT2D eigenvalue weighted by Crippen LogP contribution is -2.33. The Morgan fingerprint density at radius 2 is 1.79 bits per heavy atom. The highest BCUT2D eigenvalue weighted by atomic mass is 32.1. The second-order valence-electron chi connectivity index (χ2n) is 7.85. The lowest BCUT2D eigenvalue weighted by atomic mass is 10.1. The van der Waals surface area contributed by atoms with Gasteiger partial charge in [0.15, 0.2) is 5.11 Å². The molecule has 0 aliphatic carbocycles. The number of thiocarbonyl (C=S) groups is 1. The molecular weight excluding hydrogens is 448 g/mol. The van der Waals surface area contributed by atoms with Crippen molar-refractivity contribution in [2.24, 2.45) is 0 Å². The SMILES string of the molecule is CCOc1ccc(N2C(=O)/C(=C\c3cn(CC(=O)N(CC)CC)c4ccccc34)NC2=S)cc1. The van der Waals surface area contributed by atoms with Crippen LogP contribution >= 0.6 is 12.2 Å². The molecule has 1 aliphatic heterocycles. The highest BCUT2D eigenvalue weighted by molar-refractivity contribution is 7.80. The molecule has 4 rings (SSSR count). The van der Waals surface area contributed by atoms with Crippen molar-refractivity contribution in [3.8, 4) is 5.75 Å². The van der Waals surface area contributed by atoms with Gasteiger partial charge in [0.2, 0.25) is 5.91 Å². The molecule has 8 heteroatoms. The molecule has 0 radical (unpaired) electrons. The fourth-order valence-electron chi connectivity index (χ4n) is 4.13. The van der Waals surface area contributed by atoms with Crippen molar-refractivity contribution in [2.75, 3.05) is 24.6 Å². The van der Waals surface area contributed by atoms with E-state index in [-0.39, 0.29) is 18.4 Å². The highest BCUT2D eigenvalue weighted by Crippen LogP contribution is 2.28. The summed E-state index contributed by atoms with van der Waals surface area (Å²) in [5.74, 6) is 0.563. The second kappa shape index (κ2) is 10.1. The van der Waals surface area contributed by atoms with Gasteiger partial charge in [0, 0.05) is 35.8 Å². The number of likely N-dealkylation sites (N-methyl/N-ethyl adjacent to an activating group) is 1. The summed E-state index contributed by atoms with van der Waals surface area (Å²) in [6.45, 7) is 8.02. The molecular formula is C26H28N4O3S. The Bertz CT molecular complexity index is 1260. The third-order valence-electron chi connectivity index (χ3n) is 5.83. The number of para-hydroxylation sites is 1. The zero-order valence-corrected chi connectivity index (χ0v) is 20.4. The second-order valence-corrected chi connectivity index (χ2v) is 8.24. The maximum Gasteiger partial charge on any atom is 0.281 e. The summed E-state index contributed by atoms with van der Waals surface area (Å²) in [6, 6.07) is 15.1. The van der Waals surface area contributed by atoms with Gasteiger partial charge < -0.3 is 19.5 Å². The molecule has 2 amide bonds. The van der Waals surface area contributed by atoms with Crippen molar-refractivity contribution in [3.63, 3.8) is 0 Å². The fraction of sp³-hybridized carbons (Fsp3) is 0.269. The van der Waals surface area contributed by atoms with Crippen molar-refractivity contribution in [1.29, 1.82) is 0 Å². The average Bonchev–Trinajstić information content (AvgIpc) is 3.32. The fourth-order valence-corrected chi connectivity index (χ4v) is 4.42. The topological polar surface area (TPSA) is 66.8 Å². The zero-order valence-electron chi connectivity index (χ0n) is 19.6. The minimum atomic E-state index is -0.231. The number of hydrogen-bond acceptors (Lipinski definition) is 4. The molecule has 0 saturated carbocycles. The molecule has 1 saturated heterocycles. The third-order valence-corrected chi connectivity index (χ3v) is 6.11. The van der Waals surface area contributed by atoms with Crippen LogP contribution in [-0.4, -0.2) is 46.1 Å². The number of fused-ring (bicyclic) bond motifs is 1. The first-order valence-corrected chi connectivity index (χ1v) is 11.8. The lowest BCUT2D eigenvalue weighted by molar-refractivity contribution is -0.131. The van der Waals surface area contributed by atoms with Crippen molar-refractivity contribution >= 4 is 51.8 Å². The first kappa shape index (κ1) is 23.5. The largest absolute Gasteiger partial charge is 0.494 e. The van der Waals surface area contributed by atoms with Crippen LogP contribution < -0.4 is 15.0 Å². The van der Waals surface area contributed by atoms with Crippen molar-refractivity contribution in [1.82, 2.24) is 14.8 Å². The van der Waals surface area contributed by atoms with Crippen LogP contribution in [-0.2, 0) is 16.1 Å². The van der Waals surface area contributed by atoms with E-state index in [0.29, 0.717) is 36.2 Å². The molecule has 1 aromatic heterocycles. The van der Waals surface area contributed by atoms with E-state index >= 15 is 0 Å². The van der Waals surface area contributed by atoms with Crippen LogP contribution in [0.4, 0.5) is 5.69 Å². The summed E-state index contributed by atoms with van der Waals surface area (Å²) in [7, 11) is 0. The molecule has 176 valence electrons. The first-order valence-electron chi connectivity index (χ1n) is 11.4. The van der Waals surface area contributed by atoms with E-state index < -0.39 is 0 Å². The number of nitrogens with one attached hydrogen (secondary N) is 1. The summed E-state index contributed by atoms with van der Waals surface area (Å²) in [6.07, 6.45) is 3.71. The van der Waals surface area contributed by atoms with E-state index in [1.807, 2.05) is 85.0 Å². The summed E-state index contributed by atoms with van der Waals surface area (Å²) in [4.78, 5) is 29.2. The third kappa shape index (κ3) is 4.54. The van der Waals surface area contributed by atoms with Crippen LogP contribution in [0.1, 0.15) is 26.3 Å². The predicted octanol–water partition coefficient (Wildman–Crippen LogP) is 4.17. The minimum absolute atomic E-state index is 0.0582. The summed E-state index contributed by atoms with van der Waals surface area (Å²) in [5.41, 5.74) is 2.83. The molecule has 2 heterocycles.